The average Bonchev–Trinajstić information content (AvgIpc) is 3.67. The number of nitrogens with zero attached hydrogens (tertiary/aromatic N) is 5. The summed E-state index contributed by atoms with van der Waals surface area (Å²) >= 11 is 6.10. The van der Waals surface area contributed by atoms with E-state index in [4.69, 9.17) is 21.1 Å². The zero-order valence-corrected chi connectivity index (χ0v) is 28.7. The van der Waals surface area contributed by atoms with Crippen molar-refractivity contribution in [3.05, 3.63) is 106 Å². The molecule has 1 fully saturated rings. The van der Waals surface area contributed by atoms with Crippen LogP contribution in [-0.4, -0.2) is 62.5 Å². The molecule has 1 amide bonds. The van der Waals surface area contributed by atoms with E-state index in [1.54, 1.807) is 37.3 Å². The summed E-state index contributed by atoms with van der Waals surface area (Å²) in [6, 6.07) is 14.3. The minimum Gasteiger partial charge on any atom is -0.493 e. The van der Waals surface area contributed by atoms with Crippen LogP contribution in [0, 0.1) is 11.7 Å². The van der Waals surface area contributed by atoms with Crippen LogP contribution in [0.15, 0.2) is 67.0 Å². The maximum absolute atomic E-state index is 15.3. The summed E-state index contributed by atoms with van der Waals surface area (Å²) in [5.74, 6) is -0.466. The van der Waals surface area contributed by atoms with E-state index < -0.39 is 23.7 Å². The number of hydrogen-bond acceptors (Lipinski definition) is 8. The van der Waals surface area contributed by atoms with Gasteiger partial charge in [-0.2, -0.15) is 4.68 Å². The number of amides is 1. The van der Waals surface area contributed by atoms with Gasteiger partial charge in [-0.05, 0) is 83.6 Å². The van der Waals surface area contributed by atoms with Crippen molar-refractivity contribution in [1.82, 2.24) is 25.1 Å². The molecule has 0 saturated heterocycles. The molecule has 1 atom stereocenters. The number of esters is 1. The molecular weight excluding hydrogens is 661 g/mol. The third-order valence-electron chi connectivity index (χ3n) is 9.42. The maximum atomic E-state index is 15.3. The van der Waals surface area contributed by atoms with Crippen molar-refractivity contribution in [2.45, 2.75) is 64.3 Å². The first-order chi connectivity index (χ1) is 24.3. The van der Waals surface area contributed by atoms with Gasteiger partial charge in [0.15, 0.2) is 11.6 Å². The number of ketones is 1. The molecule has 10 nitrogen and oxygen atoms in total. The van der Waals surface area contributed by atoms with Gasteiger partial charge in [0.2, 0.25) is 5.91 Å². The SMILES string of the molecule is CCOC(=O)c1ccc(CC(=O)[C@H]2c3cccc(OCCC4CCCCC4)c3CCN2C(=O)/C=C/c2c(-n3cnnn3)ccc(Cl)c2F)cc1. The molecule has 1 aromatic heterocycles. The Morgan fingerprint density at radius 1 is 1.04 bits per heavy atom. The van der Waals surface area contributed by atoms with Gasteiger partial charge in [0, 0.05) is 30.2 Å². The second-order valence-electron chi connectivity index (χ2n) is 12.6. The molecule has 1 saturated carbocycles. The van der Waals surface area contributed by atoms with Crippen molar-refractivity contribution >= 4 is 35.3 Å². The van der Waals surface area contributed by atoms with Gasteiger partial charge in [-0.3, -0.25) is 9.59 Å². The van der Waals surface area contributed by atoms with E-state index in [0.717, 1.165) is 17.7 Å². The number of aromatic nitrogens is 4. The van der Waals surface area contributed by atoms with Crippen molar-refractivity contribution in [2.24, 2.45) is 5.92 Å². The molecule has 0 spiro atoms. The zero-order valence-electron chi connectivity index (χ0n) is 27.9. The standard InChI is InChI=1S/C38H39ClFN5O5/c1-2-49-38(48)27-13-11-26(12-14-27)23-33(46)37-29-9-6-10-34(50-22-20-25-7-4-3-5-8-25)28(29)19-21-44(37)35(47)18-15-30-32(45-24-41-42-43-45)17-16-31(39)36(30)40/h6,9-18,24-25,37H,2-5,7-8,19-23H2,1H3/b18-15+/t37-/m1/s1. The Morgan fingerprint density at radius 2 is 1.84 bits per heavy atom. The summed E-state index contributed by atoms with van der Waals surface area (Å²) in [7, 11) is 0. The third-order valence-corrected chi connectivity index (χ3v) is 9.71. The van der Waals surface area contributed by atoms with Gasteiger partial charge in [0.25, 0.3) is 0 Å². The first-order valence-corrected chi connectivity index (χ1v) is 17.4. The molecule has 2 aliphatic rings. The number of tetrazole rings is 1. The highest BCUT2D eigenvalue weighted by Gasteiger charge is 2.36. The Bertz CT molecular complexity index is 1860. The van der Waals surface area contributed by atoms with Crippen LogP contribution in [0.5, 0.6) is 5.75 Å². The van der Waals surface area contributed by atoms with Crippen molar-refractivity contribution in [1.29, 1.82) is 0 Å². The highest BCUT2D eigenvalue weighted by molar-refractivity contribution is 6.31. The van der Waals surface area contributed by atoms with E-state index in [0.29, 0.717) is 41.3 Å². The van der Waals surface area contributed by atoms with E-state index in [9.17, 15) is 14.4 Å². The van der Waals surface area contributed by atoms with Gasteiger partial charge in [-0.15, -0.1) is 5.10 Å². The Hall–Kier alpha value is -4.90. The number of carbonyl (C=O) groups is 3. The number of hydrogen-bond donors (Lipinski definition) is 0. The van der Waals surface area contributed by atoms with Crippen molar-refractivity contribution in [3.63, 3.8) is 0 Å². The molecule has 2 heterocycles. The van der Waals surface area contributed by atoms with E-state index in [1.807, 2.05) is 18.2 Å². The highest BCUT2D eigenvalue weighted by Crippen LogP contribution is 2.37. The minimum atomic E-state index is -0.925. The van der Waals surface area contributed by atoms with Crippen LogP contribution >= 0.6 is 11.6 Å². The fourth-order valence-corrected chi connectivity index (χ4v) is 7.04. The summed E-state index contributed by atoms with van der Waals surface area (Å²) in [6.07, 6.45) is 11.7. The number of fused-ring (bicyclic) bond motifs is 1. The van der Waals surface area contributed by atoms with Crippen molar-refractivity contribution in [2.75, 3.05) is 19.8 Å². The topological polar surface area (TPSA) is 117 Å². The maximum Gasteiger partial charge on any atom is 0.338 e. The summed E-state index contributed by atoms with van der Waals surface area (Å²) in [6.45, 7) is 2.83. The van der Waals surface area contributed by atoms with Gasteiger partial charge in [-0.1, -0.05) is 68.0 Å². The molecule has 1 aliphatic heterocycles. The quantitative estimate of drug-likeness (QED) is 0.115. The molecular formula is C38H39ClFN5O5. The molecule has 6 rings (SSSR count). The van der Waals surface area contributed by atoms with Gasteiger partial charge in [-0.25, -0.2) is 9.18 Å². The second-order valence-corrected chi connectivity index (χ2v) is 13.0. The third kappa shape index (κ3) is 7.94. The Kier molecular flexibility index (Phi) is 11.3. The lowest BCUT2D eigenvalue weighted by molar-refractivity contribution is -0.136. The van der Waals surface area contributed by atoms with Crippen molar-refractivity contribution < 1.29 is 28.2 Å². The van der Waals surface area contributed by atoms with Crippen LogP contribution < -0.4 is 4.74 Å². The normalized spacial score (nSPS) is 16.3. The second kappa shape index (κ2) is 16.2. The average molecular weight is 700 g/mol. The lowest BCUT2D eigenvalue weighted by atomic mass is 9.87. The molecule has 0 radical (unpaired) electrons. The van der Waals surface area contributed by atoms with Crippen molar-refractivity contribution in [3.8, 4) is 11.4 Å². The molecule has 0 N–H and O–H groups in total. The Labute approximate surface area is 295 Å². The van der Waals surface area contributed by atoms with E-state index in [-0.39, 0.29) is 35.9 Å². The Balaban J connectivity index is 1.28. The predicted octanol–water partition coefficient (Wildman–Crippen LogP) is 6.93. The first kappa shape index (κ1) is 34.9. The van der Waals surface area contributed by atoms with Crippen LogP contribution in [0.3, 0.4) is 0 Å². The largest absolute Gasteiger partial charge is 0.493 e. The van der Waals surface area contributed by atoms with Gasteiger partial charge >= 0.3 is 5.97 Å². The zero-order chi connectivity index (χ0) is 35.0. The number of carbonyl (C=O) groups excluding carboxylic acids is 3. The number of Topliss-reactive ketones (excluding diaryl/α,β-unsaturated/α-hetero) is 1. The Morgan fingerprint density at radius 3 is 2.58 bits per heavy atom. The van der Waals surface area contributed by atoms with Crippen LogP contribution in [0.1, 0.15) is 84.1 Å². The molecule has 260 valence electrons. The van der Waals surface area contributed by atoms with Gasteiger partial charge in [0.1, 0.15) is 18.1 Å². The molecule has 0 unspecified atom stereocenters. The van der Waals surface area contributed by atoms with E-state index >= 15 is 4.39 Å². The summed E-state index contributed by atoms with van der Waals surface area (Å²) in [4.78, 5) is 41.9. The van der Waals surface area contributed by atoms with Gasteiger partial charge < -0.3 is 14.4 Å². The van der Waals surface area contributed by atoms with Crippen LogP contribution in [0.25, 0.3) is 11.8 Å². The number of halogens is 2. The fraction of sp³-hybridized carbons (Fsp3) is 0.368. The van der Waals surface area contributed by atoms with Gasteiger partial charge in [0.05, 0.1) is 29.5 Å². The lowest BCUT2D eigenvalue weighted by Crippen LogP contribution is -2.43. The molecule has 0 bridgehead atoms. The highest BCUT2D eigenvalue weighted by atomic mass is 35.5. The lowest BCUT2D eigenvalue weighted by Gasteiger charge is -2.36. The van der Waals surface area contributed by atoms with Crippen LogP contribution in [0.4, 0.5) is 4.39 Å². The molecule has 1 aliphatic carbocycles. The van der Waals surface area contributed by atoms with Crippen LogP contribution in [0.2, 0.25) is 5.02 Å². The first-order valence-electron chi connectivity index (χ1n) is 17.1. The molecule has 4 aromatic rings. The summed E-state index contributed by atoms with van der Waals surface area (Å²) in [5.41, 5.74) is 2.99. The smallest absolute Gasteiger partial charge is 0.338 e. The fourth-order valence-electron chi connectivity index (χ4n) is 6.87. The molecule has 12 heteroatoms. The molecule has 50 heavy (non-hydrogen) atoms. The predicted molar refractivity (Wildman–Crippen MR) is 186 cm³/mol. The monoisotopic (exact) mass is 699 g/mol. The van der Waals surface area contributed by atoms with E-state index in [2.05, 4.69) is 15.5 Å². The number of benzene rings is 3. The summed E-state index contributed by atoms with van der Waals surface area (Å²) < 4.78 is 28.0. The van der Waals surface area contributed by atoms with Crippen LogP contribution in [-0.2, 0) is 27.2 Å². The number of rotatable bonds is 12. The number of ether oxygens (including phenoxy) is 2. The van der Waals surface area contributed by atoms with E-state index in [1.165, 1.54) is 66.2 Å². The minimum absolute atomic E-state index is 0.0137. The molecule has 3 aromatic carbocycles. The summed E-state index contributed by atoms with van der Waals surface area (Å²) in [5, 5.41) is 11.0.